The molecule has 0 saturated carbocycles. The number of hydrogen-bond donors (Lipinski definition) is 1. The summed E-state index contributed by atoms with van der Waals surface area (Å²) in [5.41, 5.74) is 10.4. The predicted molar refractivity (Wildman–Crippen MR) is 90.0 cm³/mol. The first-order valence-corrected chi connectivity index (χ1v) is 8.76. The van der Waals surface area contributed by atoms with Crippen molar-refractivity contribution in [2.75, 3.05) is 0 Å². The first-order chi connectivity index (χ1) is 10.1. The first kappa shape index (κ1) is 13.9. The number of hydrogen-bond acceptors (Lipinski definition) is 2. The van der Waals surface area contributed by atoms with Gasteiger partial charge in [0.25, 0.3) is 0 Å². The molecule has 2 aromatic rings. The minimum Gasteiger partial charge on any atom is -0.383 e. The molecule has 1 aliphatic heterocycles. The number of fused-ring (bicyclic) bond motifs is 1. The maximum atomic E-state index is 12.1. The van der Waals surface area contributed by atoms with Crippen LogP contribution in [0.5, 0.6) is 0 Å². The van der Waals surface area contributed by atoms with Crippen molar-refractivity contribution in [2.24, 2.45) is 10.1 Å². The van der Waals surface area contributed by atoms with Crippen LogP contribution in [0.3, 0.4) is 0 Å². The molecule has 0 spiro atoms. The summed E-state index contributed by atoms with van der Waals surface area (Å²) in [6, 6.07) is 16.4. The van der Waals surface area contributed by atoms with Gasteiger partial charge in [-0.3, -0.25) is 0 Å². The van der Waals surface area contributed by atoms with Crippen molar-refractivity contribution in [3.8, 4) is 0 Å². The summed E-state index contributed by atoms with van der Waals surface area (Å²) in [5, 5.41) is 0. The van der Waals surface area contributed by atoms with Crippen LogP contribution in [-0.4, -0.2) is 15.9 Å². The fourth-order valence-corrected chi connectivity index (χ4v) is 3.98. The van der Waals surface area contributed by atoms with Crippen molar-refractivity contribution < 1.29 is 4.21 Å². The van der Waals surface area contributed by atoms with Crippen LogP contribution < -0.4 is 5.73 Å². The summed E-state index contributed by atoms with van der Waals surface area (Å²) in [6.45, 7) is 0. The van der Waals surface area contributed by atoms with E-state index in [1.807, 2.05) is 30.3 Å². The van der Waals surface area contributed by atoms with Gasteiger partial charge in [0.05, 0.1) is 15.5 Å². The molecule has 4 heteroatoms. The zero-order chi connectivity index (χ0) is 14.9. The van der Waals surface area contributed by atoms with E-state index in [-0.39, 0.29) is 0 Å². The Morgan fingerprint density at radius 2 is 1.86 bits per heavy atom. The van der Waals surface area contributed by atoms with E-state index in [0.29, 0.717) is 11.6 Å². The maximum absolute atomic E-state index is 12.1. The Labute approximate surface area is 125 Å². The SMILES string of the molecule is C=S1(=O)Cc2cccc(CCc3ccccc3)c2C(N)=N1. The molecule has 0 aliphatic carbocycles. The molecule has 0 radical (unpaired) electrons. The lowest BCUT2D eigenvalue weighted by molar-refractivity contribution is 0.681. The topological polar surface area (TPSA) is 55.5 Å². The zero-order valence-electron chi connectivity index (χ0n) is 11.8. The fraction of sp³-hybridized carbons (Fsp3) is 0.176. The fourth-order valence-electron chi connectivity index (χ4n) is 2.73. The highest BCUT2D eigenvalue weighted by Crippen LogP contribution is 2.24. The summed E-state index contributed by atoms with van der Waals surface area (Å²) >= 11 is 0. The van der Waals surface area contributed by atoms with E-state index in [1.165, 1.54) is 5.56 Å². The van der Waals surface area contributed by atoms with E-state index in [4.69, 9.17) is 5.73 Å². The molecule has 108 valence electrons. The Hall–Kier alpha value is -2.07. The van der Waals surface area contributed by atoms with E-state index in [0.717, 1.165) is 29.5 Å². The van der Waals surface area contributed by atoms with Crippen LogP contribution in [0.1, 0.15) is 22.3 Å². The van der Waals surface area contributed by atoms with Crippen LogP contribution in [0.2, 0.25) is 0 Å². The van der Waals surface area contributed by atoms with Gasteiger partial charge in [-0.2, -0.15) is 4.40 Å². The minimum atomic E-state index is -2.47. The molecule has 0 saturated heterocycles. The van der Waals surface area contributed by atoms with Crippen molar-refractivity contribution in [3.63, 3.8) is 0 Å². The zero-order valence-corrected chi connectivity index (χ0v) is 12.6. The van der Waals surface area contributed by atoms with Gasteiger partial charge < -0.3 is 5.73 Å². The van der Waals surface area contributed by atoms with Crippen molar-refractivity contribution in [1.29, 1.82) is 0 Å². The Kier molecular flexibility index (Phi) is 3.55. The molecule has 3 rings (SSSR count). The molecule has 3 nitrogen and oxygen atoms in total. The van der Waals surface area contributed by atoms with E-state index < -0.39 is 9.71 Å². The Bertz CT molecular complexity index is 793. The van der Waals surface area contributed by atoms with E-state index in [2.05, 4.69) is 28.5 Å². The highest BCUT2D eigenvalue weighted by Gasteiger charge is 2.20. The highest BCUT2D eigenvalue weighted by atomic mass is 32.2. The average Bonchev–Trinajstić information content (AvgIpc) is 2.44. The molecule has 2 aromatic carbocycles. The van der Waals surface area contributed by atoms with Crippen LogP contribution in [0.25, 0.3) is 0 Å². The van der Waals surface area contributed by atoms with Gasteiger partial charge in [0.1, 0.15) is 5.84 Å². The number of nitrogens with two attached hydrogens (primary N) is 1. The lowest BCUT2D eigenvalue weighted by atomic mass is 9.96. The summed E-state index contributed by atoms with van der Waals surface area (Å²) in [5.74, 6) is 4.40. The Balaban J connectivity index is 1.92. The summed E-state index contributed by atoms with van der Waals surface area (Å²) in [7, 11) is -2.47. The number of nitrogens with zero attached hydrogens (tertiary/aromatic N) is 1. The van der Waals surface area contributed by atoms with Gasteiger partial charge in [-0.05, 0) is 35.4 Å². The molecule has 1 unspecified atom stereocenters. The molecule has 1 atom stereocenters. The third-order valence-electron chi connectivity index (χ3n) is 3.66. The lowest BCUT2D eigenvalue weighted by Gasteiger charge is -2.20. The normalized spacial score (nSPS) is 20.7. The number of rotatable bonds is 3. The Morgan fingerprint density at radius 3 is 2.62 bits per heavy atom. The monoisotopic (exact) mass is 298 g/mol. The second-order valence-electron chi connectivity index (χ2n) is 5.33. The van der Waals surface area contributed by atoms with Crippen molar-refractivity contribution >= 4 is 21.4 Å². The van der Waals surface area contributed by atoms with Gasteiger partial charge in [-0.15, -0.1) is 0 Å². The number of amidine groups is 1. The molecule has 21 heavy (non-hydrogen) atoms. The largest absolute Gasteiger partial charge is 0.383 e. The van der Waals surface area contributed by atoms with E-state index in [1.54, 1.807) is 0 Å². The van der Waals surface area contributed by atoms with Gasteiger partial charge in [-0.1, -0.05) is 48.5 Å². The molecule has 0 amide bonds. The van der Waals surface area contributed by atoms with Crippen LogP contribution in [-0.2, 0) is 28.3 Å². The first-order valence-electron chi connectivity index (χ1n) is 6.90. The second-order valence-corrected chi connectivity index (χ2v) is 7.35. The smallest absolute Gasteiger partial charge is 0.141 e. The van der Waals surface area contributed by atoms with E-state index in [9.17, 15) is 4.21 Å². The molecule has 0 fully saturated rings. The molecular weight excluding hydrogens is 280 g/mol. The minimum absolute atomic E-state index is 0.361. The van der Waals surface area contributed by atoms with Crippen molar-refractivity contribution in [2.45, 2.75) is 18.6 Å². The van der Waals surface area contributed by atoms with Gasteiger partial charge in [0.2, 0.25) is 0 Å². The maximum Gasteiger partial charge on any atom is 0.141 e. The quantitative estimate of drug-likeness (QED) is 0.884. The standard InChI is InChI=1S/C17H18N2OS/c1-21(20)12-15-9-5-8-14(16(15)17(18)19-21)11-10-13-6-3-2-4-7-13/h2-9H,1,10-12H2,(H2,18,19,20). The third-order valence-corrected chi connectivity index (χ3v) is 4.96. The van der Waals surface area contributed by atoms with Crippen LogP contribution in [0.15, 0.2) is 52.9 Å². The molecular formula is C17H18N2OS. The number of benzene rings is 2. The average molecular weight is 298 g/mol. The van der Waals surface area contributed by atoms with Crippen LogP contribution >= 0.6 is 0 Å². The van der Waals surface area contributed by atoms with E-state index >= 15 is 0 Å². The molecule has 1 heterocycles. The molecule has 0 aromatic heterocycles. The van der Waals surface area contributed by atoms with Crippen molar-refractivity contribution in [1.82, 2.24) is 0 Å². The molecule has 0 bridgehead atoms. The third kappa shape index (κ3) is 3.00. The second kappa shape index (κ2) is 5.37. The van der Waals surface area contributed by atoms with Crippen molar-refractivity contribution in [3.05, 3.63) is 70.8 Å². The summed E-state index contributed by atoms with van der Waals surface area (Å²) < 4.78 is 16.2. The highest BCUT2D eigenvalue weighted by molar-refractivity contribution is 7.98. The van der Waals surface area contributed by atoms with Gasteiger partial charge in [0, 0.05) is 5.56 Å². The van der Waals surface area contributed by atoms with Crippen LogP contribution in [0.4, 0.5) is 0 Å². The summed E-state index contributed by atoms with van der Waals surface area (Å²) in [6.07, 6.45) is 1.84. The number of aryl methyl sites for hydroxylation is 2. The molecule has 2 N–H and O–H groups in total. The van der Waals surface area contributed by atoms with Gasteiger partial charge in [-0.25, -0.2) is 4.21 Å². The summed E-state index contributed by atoms with van der Waals surface area (Å²) in [4.78, 5) is 0. The lowest BCUT2D eigenvalue weighted by Crippen LogP contribution is -2.25. The molecule has 1 aliphatic rings. The van der Waals surface area contributed by atoms with Crippen LogP contribution in [0, 0.1) is 0 Å². The Morgan fingerprint density at radius 1 is 1.10 bits per heavy atom. The van der Waals surface area contributed by atoms with Gasteiger partial charge >= 0.3 is 0 Å². The predicted octanol–water partition coefficient (Wildman–Crippen LogP) is 2.32. The van der Waals surface area contributed by atoms with Gasteiger partial charge in [0.15, 0.2) is 0 Å².